The van der Waals surface area contributed by atoms with Crippen LogP contribution >= 0.6 is 0 Å². The van der Waals surface area contributed by atoms with E-state index in [9.17, 15) is 4.79 Å². The van der Waals surface area contributed by atoms with E-state index in [0.29, 0.717) is 26.1 Å². The predicted octanol–water partition coefficient (Wildman–Crippen LogP) is 2.44. The van der Waals surface area contributed by atoms with Crippen molar-refractivity contribution in [3.05, 3.63) is 53.4 Å². The summed E-state index contributed by atoms with van der Waals surface area (Å²) in [6.45, 7) is 12.5. The lowest BCUT2D eigenvalue weighted by Gasteiger charge is -2.28. The SMILES string of the molecule is C=C(C)CN(CC)C(=O)CCCn1nnnc1CN1CCc2ccccc2C1. The molecule has 7 nitrogen and oxygen atoms in total. The Balaban J connectivity index is 1.50. The normalized spacial score (nSPS) is 13.9. The predicted molar refractivity (Wildman–Crippen MR) is 108 cm³/mol. The van der Waals surface area contributed by atoms with Crippen LogP contribution in [0.5, 0.6) is 0 Å². The molecule has 0 aliphatic carbocycles. The molecule has 2 aromatic rings. The van der Waals surface area contributed by atoms with Crippen molar-refractivity contribution in [1.29, 1.82) is 0 Å². The van der Waals surface area contributed by atoms with Gasteiger partial charge in [-0.15, -0.1) is 5.10 Å². The van der Waals surface area contributed by atoms with E-state index in [-0.39, 0.29) is 5.91 Å². The maximum atomic E-state index is 12.4. The van der Waals surface area contributed by atoms with E-state index < -0.39 is 0 Å². The fraction of sp³-hybridized carbons (Fsp3) is 0.524. The molecule has 1 aliphatic heterocycles. The lowest BCUT2D eigenvalue weighted by Crippen LogP contribution is -2.32. The second-order valence-electron chi connectivity index (χ2n) is 7.52. The van der Waals surface area contributed by atoms with E-state index >= 15 is 0 Å². The number of carbonyl (C=O) groups excluding carboxylic acids is 1. The standard InChI is InChI=1S/C21H30N6O/c1-4-26(14-17(2)3)21(28)10-7-12-27-20(22-23-24-27)16-25-13-11-18-8-5-6-9-19(18)15-25/h5-6,8-9H,2,4,7,10-16H2,1,3H3. The largest absolute Gasteiger partial charge is 0.339 e. The molecule has 7 heteroatoms. The minimum atomic E-state index is 0.160. The molecular weight excluding hydrogens is 352 g/mol. The number of hydrogen-bond donors (Lipinski definition) is 0. The summed E-state index contributed by atoms with van der Waals surface area (Å²) < 4.78 is 1.84. The molecule has 1 aromatic carbocycles. The fourth-order valence-corrected chi connectivity index (χ4v) is 3.64. The van der Waals surface area contributed by atoms with Crippen molar-refractivity contribution in [3.8, 4) is 0 Å². The maximum Gasteiger partial charge on any atom is 0.222 e. The summed E-state index contributed by atoms with van der Waals surface area (Å²) >= 11 is 0. The van der Waals surface area contributed by atoms with Gasteiger partial charge in [-0.25, -0.2) is 4.68 Å². The van der Waals surface area contributed by atoms with Crippen LogP contribution in [0.3, 0.4) is 0 Å². The molecule has 0 saturated heterocycles. The molecule has 1 aliphatic rings. The third-order valence-electron chi connectivity index (χ3n) is 5.14. The molecule has 0 saturated carbocycles. The lowest BCUT2D eigenvalue weighted by molar-refractivity contribution is -0.130. The first-order chi connectivity index (χ1) is 13.6. The molecule has 0 bridgehead atoms. The quantitative estimate of drug-likeness (QED) is 0.623. The van der Waals surface area contributed by atoms with E-state index in [1.165, 1.54) is 11.1 Å². The minimum Gasteiger partial charge on any atom is -0.339 e. The number of hydrogen-bond acceptors (Lipinski definition) is 5. The zero-order valence-electron chi connectivity index (χ0n) is 17.0. The summed E-state index contributed by atoms with van der Waals surface area (Å²) in [6, 6.07) is 8.60. The van der Waals surface area contributed by atoms with Crippen molar-refractivity contribution in [2.24, 2.45) is 0 Å². The van der Waals surface area contributed by atoms with Gasteiger partial charge in [-0.3, -0.25) is 9.69 Å². The number of tetrazole rings is 1. The van der Waals surface area contributed by atoms with Crippen molar-refractivity contribution in [2.75, 3.05) is 19.6 Å². The van der Waals surface area contributed by atoms with Crippen LogP contribution in [-0.2, 0) is 30.8 Å². The molecule has 0 radical (unpaired) electrons. The van der Waals surface area contributed by atoms with Crippen LogP contribution in [0.2, 0.25) is 0 Å². The molecule has 2 heterocycles. The number of aromatic nitrogens is 4. The third kappa shape index (κ3) is 5.25. The Morgan fingerprint density at radius 2 is 2.07 bits per heavy atom. The molecule has 3 rings (SSSR count). The van der Waals surface area contributed by atoms with Gasteiger partial charge >= 0.3 is 0 Å². The monoisotopic (exact) mass is 382 g/mol. The number of amides is 1. The second-order valence-corrected chi connectivity index (χ2v) is 7.52. The van der Waals surface area contributed by atoms with Gasteiger partial charge in [0.1, 0.15) is 0 Å². The van der Waals surface area contributed by atoms with Crippen LogP contribution in [0.1, 0.15) is 43.6 Å². The molecule has 0 unspecified atom stereocenters. The molecule has 0 atom stereocenters. The van der Waals surface area contributed by atoms with Gasteiger partial charge in [0.2, 0.25) is 5.91 Å². The van der Waals surface area contributed by atoms with Gasteiger partial charge in [-0.1, -0.05) is 36.4 Å². The van der Waals surface area contributed by atoms with E-state index in [1.54, 1.807) is 0 Å². The van der Waals surface area contributed by atoms with Crippen LogP contribution in [-0.4, -0.2) is 55.5 Å². The zero-order valence-corrected chi connectivity index (χ0v) is 17.0. The molecule has 0 spiro atoms. The Morgan fingerprint density at radius 1 is 1.29 bits per heavy atom. The maximum absolute atomic E-state index is 12.4. The van der Waals surface area contributed by atoms with E-state index in [4.69, 9.17) is 0 Å². The van der Waals surface area contributed by atoms with Crippen molar-refractivity contribution in [3.63, 3.8) is 0 Å². The highest BCUT2D eigenvalue weighted by Gasteiger charge is 2.19. The van der Waals surface area contributed by atoms with Crippen LogP contribution in [0.4, 0.5) is 0 Å². The molecule has 1 amide bonds. The van der Waals surface area contributed by atoms with Crippen molar-refractivity contribution < 1.29 is 4.79 Å². The molecule has 150 valence electrons. The Morgan fingerprint density at radius 3 is 2.82 bits per heavy atom. The van der Waals surface area contributed by atoms with E-state index in [2.05, 4.69) is 51.3 Å². The smallest absolute Gasteiger partial charge is 0.222 e. The summed E-state index contributed by atoms with van der Waals surface area (Å²) in [5.41, 5.74) is 3.82. The molecule has 0 fully saturated rings. The van der Waals surface area contributed by atoms with Crippen molar-refractivity contribution in [2.45, 2.75) is 52.7 Å². The van der Waals surface area contributed by atoms with Crippen molar-refractivity contribution in [1.82, 2.24) is 30.0 Å². The summed E-state index contributed by atoms with van der Waals surface area (Å²) in [7, 11) is 0. The van der Waals surface area contributed by atoms with Crippen LogP contribution in [0, 0.1) is 0 Å². The van der Waals surface area contributed by atoms with Crippen LogP contribution in [0.15, 0.2) is 36.4 Å². The third-order valence-corrected chi connectivity index (χ3v) is 5.14. The van der Waals surface area contributed by atoms with Gasteiger partial charge < -0.3 is 4.90 Å². The second kappa shape index (κ2) is 9.59. The highest BCUT2D eigenvalue weighted by atomic mass is 16.2. The summed E-state index contributed by atoms with van der Waals surface area (Å²) in [5, 5.41) is 12.2. The number of aryl methyl sites for hydroxylation is 1. The fourth-order valence-electron chi connectivity index (χ4n) is 3.64. The molecular formula is C21H30N6O. The lowest BCUT2D eigenvalue weighted by atomic mass is 10.00. The van der Waals surface area contributed by atoms with Crippen LogP contribution in [0.25, 0.3) is 0 Å². The van der Waals surface area contributed by atoms with Gasteiger partial charge in [0.05, 0.1) is 6.54 Å². The first-order valence-corrected chi connectivity index (χ1v) is 10.0. The number of nitrogens with zero attached hydrogens (tertiary/aromatic N) is 6. The summed E-state index contributed by atoms with van der Waals surface area (Å²) in [4.78, 5) is 16.6. The Kier molecular flexibility index (Phi) is 6.92. The Labute approximate surface area is 167 Å². The number of carbonyl (C=O) groups is 1. The van der Waals surface area contributed by atoms with Gasteiger partial charge in [-0.2, -0.15) is 0 Å². The summed E-state index contributed by atoms with van der Waals surface area (Å²) in [6.07, 6.45) is 2.28. The van der Waals surface area contributed by atoms with Gasteiger partial charge in [-0.05, 0) is 48.2 Å². The number of benzene rings is 1. The van der Waals surface area contributed by atoms with Gasteiger partial charge in [0, 0.05) is 39.1 Å². The molecule has 28 heavy (non-hydrogen) atoms. The number of fused-ring (bicyclic) bond motifs is 1. The minimum absolute atomic E-state index is 0.160. The summed E-state index contributed by atoms with van der Waals surface area (Å²) in [5.74, 6) is 1.02. The van der Waals surface area contributed by atoms with E-state index in [1.807, 2.05) is 23.4 Å². The first-order valence-electron chi connectivity index (χ1n) is 10.0. The molecule has 1 aromatic heterocycles. The molecule has 0 N–H and O–H groups in total. The Bertz CT molecular complexity index is 815. The van der Waals surface area contributed by atoms with Gasteiger partial charge in [0.15, 0.2) is 5.82 Å². The highest BCUT2D eigenvalue weighted by molar-refractivity contribution is 5.76. The van der Waals surface area contributed by atoms with Gasteiger partial charge in [0.25, 0.3) is 0 Å². The van der Waals surface area contributed by atoms with E-state index in [0.717, 1.165) is 43.9 Å². The highest BCUT2D eigenvalue weighted by Crippen LogP contribution is 2.19. The van der Waals surface area contributed by atoms with Crippen LogP contribution < -0.4 is 0 Å². The average molecular weight is 383 g/mol. The average Bonchev–Trinajstić information content (AvgIpc) is 3.12. The van der Waals surface area contributed by atoms with Crippen molar-refractivity contribution >= 4 is 5.91 Å². The zero-order chi connectivity index (χ0) is 19.9. The Hall–Kier alpha value is -2.54. The first kappa shape index (κ1) is 20.2. The number of rotatable bonds is 9. The number of likely N-dealkylation sites (N-methyl/N-ethyl adjacent to an activating group) is 1. The topological polar surface area (TPSA) is 67.2 Å².